The van der Waals surface area contributed by atoms with Crippen LogP contribution in [-0.4, -0.2) is 28.1 Å². The lowest BCUT2D eigenvalue weighted by Gasteiger charge is -2.16. The van der Waals surface area contributed by atoms with Crippen LogP contribution in [0, 0.1) is 0 Å². The SMILES string of the molecule is CC(C)Oc1ccc(C(=O)O)cc1NC(=O)c1cc2c([nH]c1=O)CCCCC2. The van der Waals surface area contributed by atoms with Gasteiger partial charge in [-0.2, -0.15) is 0 Å². The topological polar surface area (TPSA) is 108 Å². The van der Waals surface area contributed by atoms with Crippen molar-refractivity contribution in [1.29, 1.82) is 0 Å². The number of aromatic amines is 1. The summed E-state index contributed by atoms with van der Waals surface area (Å²) in [6.45, 7) is 3.65. The fourth-order valence-electron chi connectivity index (χ4n) is 3.33. The number of carboxylic acid groups (broad SMARTS) is 1. The first-order chi connectivity index (χ1) is 13.3. The minimum Gasteiger partial charge on any atom is -0.489 e. The van der Waals surface area contributed by atoms with Crippen LogP contribution in [0.1, 0.15) is 65.1 Å². The number of carboxylic acids is 1. The summed E-state index contributed by atoms with van der Waals surface area (Å²) in [6, 6.07) is 5.89. The Morgan fingerprint density at radius 2 is 1.89 bits per heavy atom. The molecule has 0 saturated heterocycles. The number of amides is 1. The van der Waals surface area contributed by atoms with Crippen molar-refractivity contribution in [3.05, 3.63) is 57.0 Å². The third kappa shape index (κ3) is 4.42. The molecule has 0 bridgehead atoms. The van der Waals surface area contributed by atoms with Crippen LogP contribution in [-0.2, 0) is 12.8 Å². The second kappa shape index (κ2) is 8.29. The highest BCUT2D eigenvalue weighted by Gasteiger charge is 2.19. The predicted octanol–water partition coefficient (Wildman–Crippen LogP) is 3.38. The Labute approximate surface area is 162 Å². The van der Waals surface area contributed by atoms with Gasteiger partial charge in [0.1, 0.15) is 11.3 Å². The average molecular weight is 384 g/mol. The number of benzene rings is 1. The van der Waals surface area contributed by atoms with E-state index in [0.29, 0.717) is 5.75 Å². The van der Waals surface area contributed by atoms with Crippen LogP contribution in [0.5, 0.6) is 5.75 Å². The number of aromatic carboxylic acids is 1. The highest BCUT2D eigenvalue weighted by atomic mass is 16.5. The van der Waals surface area contributed by atoms with Crippen LogP contribution in [0.4, 0.5) is 5.69 Å². The molecule has 1 aromatic carbocycles. The van der Waals surface area contributed by atoms with Gasteiger partial charge < -0.3 is 20.1 Å². The van der Waals surface area contributed by atoms with E-state index in [4.69, 9.17) is 4.74 Å². The monoisotopic (exact) mass is 384 g/mol. The number of ether oxygens (including phenoxy) is 1. The largest absolute Gasteiger partial charge is 0.489 e. The number of nitrogens with one attached hydrogen (secondary N) is 2. The zero-order chi connectivity index (χ0) is 20.3. The summed E-state index contributed by atoms with van der Waals surface area (Å²) in [5.41, 5.74) is 1.68. The molecule has 0 unspecified atom stereocenters. The summed E-state index contributed by atoms with van der Waals surface area (Å²) >= 11 is 0. The number of rotatable bonds is 5. The van der Waals surface area contributed by atoms with Gasteiger partial charge in [0.25, 0.3) is 11.5 Å². The van der Waals surface area contributed by atoms with Gasteiger partial charge in [0.05, 0.1) is 17.4 Å². The standard InChI is InChI=1S/C21H24N2O5/c1-12(2)28-18-9-8-14(21(26)27)11-17(18)23-20(25)15-10-13-6-4-3-5-7-16(13)22-19(15)24/h8-12H,3-7H2,1-2H3,(H,22,24)(H,23,25)(H,26,27). The van der Waals surface area contributed by atoms with Crippen LogP contribution >= 0.6 is 0 Å². The van der Waals surface area contributed by atoms with Crippen molar-refractivity contribution in [2.75, 3.05) is 5.32 Å². The van der Waals surface area contributed by atoms with Crippen molar-refractivity contribution in [1.82, 2.24) is 4.98 Å². The van der Waals surface area contributed by atoms with Crippen LogP contribution in [0.3, 0.4) is 0 Å². The Balaban J connectivity index is 1.94. The Morgan fingerprint density at radius 1 is 1.14 bits per heavy atom. The summed E-state index contributed by atoms with van der Waals surface area (Å²) in [4.78, 5) is 39.3. The van der Waals surface area contributed by atoms with E-state index in [1.165, 1.54) is 18.2 Å². The van der Waals surface area contributed by atoms with E-state index in [2.05, 4.69) is 10.3 Å². The molecule has 3 rings (SSSR count). The molecule has 2 aromatic rings. The minimum absolute atomic E-state index is 0.0110. The molecule has 0 atom stereocenters. The van der Waals surface area contributed by atoms with Crippen molar-refractivity contribution in [3.63, 3.8) is 0 Å². The fourth-order valence-corrected chi connectivity index (χ4v) is 3.33. The number of hydrogen-bond donors (Lipinski definition) is 3. The van der Waals surface area contributed by atoms with Gasteiger partial charge in [-0.15, -0.1) is 0 Å². The molecule has 3 N–H and O–H groups in total. The first kappa shape index (κ1) is 19.7. The molecule has 7 heteroatoms. The van der Waals surface area contributed by atoms with E-state index >= 15 is 0 Å². The Morgan fingerprint density at radius 3 is 2.61 bits per heavy atom. The highest BCUT2D eigenvalue weighted by molar-refractivity contribution is 6.05. The van der Waals surface area contributed by atoms with Crippen LogP contribution in [0.15, 0.2) is 29.1 Å². The highest BCUT2D eigenvalue weighted by Crippen LogP contribution is 2.28. The van der Waals surface area contributed by atoms with Crippen LogP contribution in [0.2, 0.25) is 0 Å². The predicted molar refractivity (Wildman–Crippen MR) is 105 cm³/mol. The second-order valence-electron chi connectivity index (χ2n) is 7.21. The van der Waals surface area contributed by atoms with E-state index in [1.54, 1.807) is 6.07 Å². The molecule has 0 aliphatic heterocycles. The summed E-state index contributed by atoms with van der Waals surface area (Å²) in [5, 5.41) is 11.9. The van der Waals surface area contributed by atoms with Gasteiger partial charge >= 0.3 is 5.97 Å². The van der Waals surface area contributed by atoms with Crippen LogP contribution < -0.4 is 15.6 Å². The van der Waals surface area contributed by atoms with E-state index in [1.807, 2.05) is 13.8 Å². The van der Waals surface area contributed by atoms with E-state index < -0.39 is 17.4 Å². The van der Waals surface area contributed by atoms with E-state index in [-0.39, 0.29) is 22.9 Å². The average Bonchev–Trinajstić information content (AvgIpc) is 2.86. The number of fused-ring (bicyclic) bond motifs is 1. The lowest BCUT2D eigenvalue weighted by Crippen LogP contribution is -2.25. The Kier molecular flexibility index (Phi) is 5.82. The number of aromatic nitrogens is 1. The number of pyridine rings is 1. The fraction of sp³-hybridized carbons (Fsp3) is 0.381. The molecule has 1 amide bonds. The third-order valence-electron chi connectivity index (χ3n) is 4.67. The number of H-pyrrole nitrogens is 1. The van der Waals surface area contributed by atoms with Gasteiger partial charge in [0, 0.05) is 5.69 Å². The smallest absolute Gasteiger partial charge is 0.335 e. The lowest BCUT2D eigenvalue weighted by molar-refractivity contribution is 0.0696. The summed E-state index contributed by atoms with van der Waals surface area (Å²) in [6.07, 6.45) is 4.60. The molecule has 0 spiro atoms. The molecule has 1 aliphatic carbocycles. The van der Waals surface area contributed by atoms with Gasteiger partial charge in [-0.3, -0.25) is 9.59 Å². The summed E-state index contributed by atoms with van der Waals surface area (Å²) in [7, 11) is 0. The van der Waals surface area contributed by atoms with Crippen molar-refractivity contribution in [2.45, 2.75) is 52.1 Å². The van der Waals surface area contributed by atoms with Gasteiger partial charge in [-0.25, -0.2) is 4.79 Å². The van der Waals surface area contributed by atoms with Gasteiger partial charge in [0.2, 0.25) is 0 Å². The van der Waals surface area contributed by atoms with Crippen molar-refractivity contribution in [3.8, 4) is 5.75 Å². The zero-order valence-electron chi connectivity index (χ0n) is 16.0. The normalized spacial score (nSPS) is 13.5. The molecule has 0 radical (unpaired) electrons. The molecule has 7 nitrogen and oxygen atoms in total. The maximum Gasteiger partial charge on any atom is 0.335 e. The molecule has 148 valence electrons. The van der Waals surface area contributed by atoms with Crippen molar-refractivity contribution >= 4 is 17.6 Å². The first-order valence-corrected chi connectivity index (χ1v) is 9.45. The minimum atomic E-state index is -1.12. The molecule has 1 heterocycles. The number of anilines is 1. The number of carbonyl (C=O) groups is 2. The van der Waals surface area contributed by atoms with E-state index in [0.717, 1.165) is 43.4 Å². The van der Waals surface area contributed by atoms with Crippen molar-refractivity contribution in [2.24, 2.45) is 0 Å². The third-order valence-corrected chi connectivity index (χ3v) is 4.67. The maximum absolute atomic E-state index is 12.8. The van der Waals surface area contributed by atoms with Crippen LogP contribution in [0.25, 0.3) is 0 Å². The van der Waals surface area contributed by atoms with Crippen molar-refractivity contribution < 1.29 is 19.4 Å². The number of hydrogen-bond acceptors (Lipinski definition) is 4. The first-order valence-electron chi connectivity index (χ1n) is 9.45. The summed E-state index contributed by atoms with van der Waals surface area (Å²) < 4.78 is 5.66. The number of carbonyl (C=O) groups excluding carboxylic acids is 1. The zero-order valence-corrected chi connectivity index (χ0v) is 16.0. The lowest BCUT2D eigenvalue weighted by atomic mass is 10.1. The number of aryl methyl sites for hydroxylation is 2. The second-order valence-corrected chi connectivity index (χ2v) is 7.21. The quantitative estimate of drug-likeness (QED) is 0.685. The van der Waals surface area contributed by atoms with Gasteiger partial charge in [0.15, 0.2) is 0 Å². The maximum atomic E-state index is 12.8. The molecular formula is C21H24N2O5. The molecular weight excluding hydrogens is 360 g/mol. The van der Waals surface area contributed by atoms with E-state index in [9.17, 15) is 19.5 Å². The summed E-state index contributed by atoms with van der Waals surface area (Å²) in [5.74, 6) is -1.36. The Bertz CT molecular complexity index is 962. The molecule has 0 fully saturated rings. The molecule has 1 aromatic heterocycles. The Hall–Kier alpha value is -3.09. The molecule has 0 saturated carbocycles. The molecule has 1 aliphatic rings. The van der Waals surface area contributed by atoms with Gasteiger partial charge in [-0.1, -0.05) is 6.42 Å². The van der Waals surface area contributed by atoms with Gasteiger partial charge in [-0.05, 0) is 69.4 Å². The molecule has 28 heavy (non-hydrogen) atoms.